The molecule has 2 aromatic heterocycles. The first-order chi connectivity index (χ1) is 12.5. The molecule has 0 aliphatic heterocycles. The fraction of sp³-hybridized carbons (Fsp3) is 0.158. The monoisotopic (exact) mass is 363 g/mol. The van der Waals surface area contributed by atoms with Crippen LogP contribution >= 0.6 is 11.3 Å². The Morgan fingerprint density at radius 3 is 2.58 bits per heavy atom. The van der Waals surface area contributed by atoms with Crippen molar-refractivity contribution in [2.24, 2.45) is 17.3 Å². The molecular weight excluding hydrogens is 346 g/mol. The number of rotatable bonds is 3. The van der Waals surface area contributed by atoms with E-state index in [2.05, 4.69) is 21.3 Å². The van der Waals surface area contributed by atoms with Gasteiger partial charge in [-0.1, -0.05) is 35.6 Å². The number of hydrogen-bond donors (Lipinski definition) is 0. The minimum absolute atomic E-state index is 0.197. The van der Waals surface area contributed by atoms with Gasteiger partial charge in [0.1, 0.15) is 0 Å². The summed E-state index contributed by atoms with van der Waals surface area (Å²) >= 11 is 1.46. The largest absolute Gasteiger partial charge is 0.299 e. The van der Waals surface area contributed by atoms with Crippen molar-refractivity contribution < 1.29 is 0 Å². The van der Waals surface area contributed by atoms with Crippen LogP contribution in [-0.4, -0.2) is 14.3 Å². The summed E-state index contributed by atoms with van der Waals surface area (Å²) in [5.74, 6) is 0. The van der Waals surface area contributed by atoms with Crippen molar-refractivity contribution in [1.29, 1.82) is 0 Å². The van der Waals surface area contributed by atoms with E-state index in [0.717, 1.165) is 21.6 Å². The molecule has 26 heavy (non-hydrogen) atoms. The van der Waals surface area contributed by atoms with E-state index in [1.807, 2.05) is 63.4 Å². The number of para-hydroxylation sites is 1. The molecule has 4 rings (SSSR count). The van der Waals surface area contributed by atoms with Crippen molar-refractivity contribution in [3.8, 4) is 5.69 Å². The smallest absolute Gasteiger partial charge is 0.283 e. The lowest BCUT2D eigenvalue weighted by Gasteiger charge is -2.07. The summed E-state index contributed by atoms with van der Waals surface area (Å²) in [6, 6.07) is 15.5. The zero-order valence-corrected chi connectivity index (χ0v) is 15.5. The topological polar surface area (TPSA) is 64.5 Å². The van der Waals surface area contributed by atoms with Crippen LogP contribution in [0.1, 0.15) is 11.3 Å². The molecule has 0 bridgehead atoms. The van der Waals surface area contributed by atoms with Crippen LogP contribution in [0.15, 0.2) is 63.6 Å². The fourth-order valence-electron chi connectivity index (χ4n) is 2.82. The zero-order chi connectivity index (χ0) is 18.3. The van der Waals surface area contributed by atoms with E-state index in [1.165, 1.54) is 16.9 Å². The van der Waals surface area contributed by atoms with Crippen molar-refractivity contribution in [3.05, 3.63) is 70.1 Å². The molecule has 6 nitrogen and oxygen atoms in total. The van der Waals surface area contributed by atoms with Crippen LogP contribution in [0.25, 0.3) is 15.9 Å². The Balaban J connectivity index is 1.76. The molecule has 0 radical (unpaired) electrons. The maximum Gasteiger partial charge on any atom is 0.299 e. The Morgan fingerprint density at radius 1 is 1.04 bits per heavy atom. The van der Waals surface area contributed by atoms with Crippen LogP contribution in [-0.2, 0) is 7.05 Å². The summed E-state index contributed by atoms with van der Waals surface area (Å²) in [4.78, 5) is 17.3. The van der Waals surface area contributed by atoms with Crippen LogP contribution in [0.2, 0.25) is 0 Å². The Bertz CT molecular complexity index is 1180. The number of hydrogen-bond acceptors (Lipinski definition) is 5. The summed E-state index contributed by atoms with van der Waals surface area (Å²) < 4.78 is 4.43. The molecule has 0 spiro atoms. The maximum absolute atomic E-state index is 12.8. The molecule has 0 saturated carbocycles. The van der Waals surface area contributed by atoms with Gasteiger partial charge in [-0.05, 0) is 43.7 Å². The van der Waals surface area contributed by atoms with E-state index in [-0.39, 0.29) is 5.56 Å². The normalized spacial score (nSPS) is 11.7. The third-order valence-corrected chi connectivity index (χ3v) is 5.19. The molecule has 4 aromatic rings. The second-order valence-corrected chi connectivity index (χ2v) is 7.09. The van der Waals surface area contributed by atoms with E-state index >= 15 is 0 Å². The number of thiazole rings is 1. The molecule has 0 N–H and O–H groups in total. The summed E-state index contributed by atoms with van der Waals surface area (Å²) in [7, 11) is 1.84. The third kappa shape index (κ3) is 2.76. The average molecular weight is 363 g/mol. The highest BCUT2D eigenvalue weighted by molar-refractivity contribution is 7.21. The number of aryl methyl sites for hydroxylation is 1. The molecule has 0 fully saturated rings. The minimum Gasteiger partial charge on any atom is -0.283 e. The number of nitrogens with zero attached hydrogens (tertiary/aromatic N) is 5. The van der Waals surface area contributed by atoms with Crippen molar-refractivity contribution in [2.75, 3.05) is 0 Å². The highest BCUT2D eigenvalue weighted by atomic mass is 32.1. The highest BCUT2D eigenvalue weighted by Gasteiger charge is 2.16. The predicted molar refractivity (Wildman–Crippen MR) is 104 cm³/mol. The molecule has 130 valence electrons. The van der Waals surface area contributed by atoms with Crippen molar-refractivity contribution in [2.45, 2.75) is 13.8 Å². The van der Waals surface area contributed by atoms with Crippen LogP contribution in [0.3, 0.4) is 0 Å². The van der Waals surface area contributed by atoms with Crippen LogP contribution in [0, 0.1) is 13.8 Å². The van der Waals surface area contributed by atoms with Crippen LogP contribution in [0.4, 0.5) is 10.8 Å². The molecule has 0 saturated heterocycles. The lowest BCUT2D eigenvalue weighted by Crippen LogP contribution is -2.19. The standard InChI is InChI=1S/C19H17N5OS/c1-12-9-10-15-16(11-12)26-19(20-15)22-21-17-13(2)23(3)24(18(17)25)14-7-5-4-6-8-14/h4-11H,1-3H3. The van der Waals surface area contributed by atoms with E-state index in [0.29, 0.717) is 10.8 Å². The van der Waals surface area contributed by atoms with Crippen molar-refractivity contribution in [3.63, 3.8) is 0 Å². The van der Waals surface area contributed by atoms with Crippen LogP contribution in [0.5, 0.6) is 0 Å². The van der Waals surface area contributed by atoms with Gasteiger partial charge in [0.2, 0.25) is 5.13 Å². The number of azo groups is 1. The average Bonchev–Trinajstić information content (AvgIpc) is 3.13. The van der Waals surface area contributed by atoms with Gasteiger partial charge in [0.15, 0.2) is 5.69 Å². The van der Waals surface area contributed by atoms with E-state index in [1.54, 1.807) is 9.36 Å². The van der Waals surface area contributed by atoms with E-state index < -0.39 is 0 Å². The summed E-state index contributed by atoms with van der Waals surface area (Å²) in [6.07, 6.45) is 0. The summed E-state index contributed by atoms with van der Waals surface area (Å²) in [5.41, 5.74) is 3.73. The lowest BCUT2D eigenvalue weighted by atomic mass is 10.2. The maximum atomic E-state index is 12.8. The molecule has 2 heterocycles. The predicted octanol–water partition coefficient (Wildman–Crippen LogP) is 4.82. The third-order valence-electron chi connectivity index (χ3n) is 4.29. The molecule has 0 amide bonds. The Morgan fingerprint density at radius 2 is 1.81 bits per heavy atom. The lowest BCUT2D eigenvalue weighted by molar-refractivity contribution is 0.630. The Hall–Kier alpha value is -3.06. The van der Waals surface area contributed by atoms with Crippen molar-refractivity contribution in [1.82, 2.24) is 14.3 Å². The van der Waals surface area contributed by atoms with Gasteiger partial charge < -0.3 is 0 Å². The van der Waals surface area contributed by atoms with Gasteiger partial charge in [-0.25, -0.2) is 9.67 Å². The minimum atomic E-state index is -0.197. The summed E-state index contributed by atoms with van der Waals surface area (Å²) in [5, 5.41) is 8.98. The quantitative estimate of drug-likeness (QED) is 0.490. The second kappa shape index (κ2) is 6.34. The first-order valence-electron chi connectivity index (χ1n) is 8.17. The zero-order valence-electron chi connectivity index (χ0n) is 14.7. The fourth-order valence-corrected chi connectivity index (χ4v) is 3.71. The van der Waals surface area contributed by atoms with Crippen molar-refractivity contribution >= 4 is 32.4 Å². The SMILES string of the molecule is Cc1ccc2nc(N=Nc3c(C)n(C)n(-c4ccccc4)c3=O)sc2c1. The molecule has 0 aliphatic rings. The van der Waals surface area contributed by atoms with Crippen LogP contribution < -0.4 is 5.56 Å². The molecule has 0 atom stereocenters. The molecule has 0 aliphatic carbocycles. The highest BCUT2D eigenvalue weighted by Crippen LogP contribution is 2.30. The Labute approximate surface area is 154 Å². The van der Waals surface area contributed by atoms with Gasteiger partial charge in [0.25, 0.3) is 5.56 Å². The molecular formula is C19H17N5OS. The molecule has 2 aromatic carbocycles. The van der Waals surface area contributed by atoms with E-state index in [4.69, 9.17) is 0 Å². The molecule has 7 heteroatoms. The Kier molecular flexibility index (Phi) is 4.00. The van der Waals surface area contributed by atoms with Gasteiger partial charge in [-0.2, -0.15) is 0 Å². The van der Waals surface area contributed by atoms with Gasteiger partial charge in [-0.3, -0.25) is 9.48 Å². The number of aromatic nitrogens is 3. The molecule has 0 unspecified atom stereocenters. The van der Waals surface area contributed by atoms with Gasteiger partial charge in [0.05, 0.1) is 21.6 Å². The first kappa shape index (κ1) is 16.4. The second-order valence-electron chi connectivity index (χ2n) is 6.08. The van der Waals surface area contributed by atoms with Gasteiger partial charge >= 0.3 is 0 Å². The summed E-state index contributed by atoms with van der Waals surface area (Å²) in [6.45, 7) is 3.90. The number of fused-ring (bicyclic) bond motifs is 1. The van der Waals surface area contributed by atoms with E-state index in [9.17, 15) is 4.79 Å². The van der Waals surface area contributed by atoms with Gasteiger partial charge in [0, 0.05) is 7.05 Å². The van der Waals surface area contributed by atoms with Gasteiger partial charge in [-0.15, -0.1) is 10.2 Å². The number of benzene rings is 2. The first-order valence-corrected chi connectivity index (χ1v) is 8.99.